The Morgan fingerprint density at radius 2 is 2.50 bits per heavy atom. The highest BCUT2D eigenvalue weighted by Gasteiger charge is 2.23. The molecule has 14 heavy (non-hydrogen) atoms. The predicted molar refractivity (Wildman–Crippen MR) is 47.2 cm³/mol. The number of anilines is 1. The third-order valence-electron chi connectivity index (χ3n) is 1.78. The van der Waals surface area contributed by atoms with E-state index in [4.69, 9.17) is 0 Å². The maximum Gasteiger partial charge on any atom is 0.323 e. The first kappa shape index (κ1) is 8.95. The molecule has 2 rings (SSSR count). The van der Waals surface area contributed by atoms with Crippen molar-refractivity contribution in [2.24, 2.45) is 0 Å². The lowest BCUT2D eigenvalue weighted by Gasteiger charge is -2.08. The third-order valence-corrected chi connectivity index (χ3v) is 2.78. The van der Waals surface area contributed by atoms with Crippen LogP contribution in [0.4, 0.5) is 9.93 Å². The predicted octanol–water partition coefficient (Wildman–Crippen LogP) is -0.964. The van der Waals surface area contributed by atoms with E-state index in [1.54, 1.807) is 0 Å². The summed E-state index contributed by atoms with van der Waals surface area (Å²) >= 11 is 0.934. The normalized spacial score (nSPS) is 15.7. The Kier molecular flexibility index (Phi) is 2.08. The maximum atomic E-state index is 11.2. The number of carbonyl (C=O) groups is 2. The van der Waals surface area contributed by atoms with E-state index in [9.17, 15) is 14.7 Å². The molecule has 0 spiro atoms. The van der Waals surface area contributed by atoms with Gasteiger partial charge in [0.05, 0.1) is 10.8 Å². The van der Waals surface area contributed by atoms with Gasteiger partial charge >= 0.3 is 6.03 Å². The molecule has 2 amide bonds. The summed E-state index contributed by atoms with van der Waals surface area (Å²) in [5.41, 5.74) is 0. The van der Waals surface area contributed by atoms with Gasteiger partial charge < -0.3 is 15.2 Å². The number of carboxylic acids is 1. The van der Waals surface area contributed by atoms with Crippen molar-refractivity contribution in [1.29, 1.82) is 0 Å². The molecule has 0 bridgehead atoms. The van der Waals surface area contributed by atoms with Gasteiger partial charge in [-0.3, -0.25) is 4.90 Å². The number of nitrogens with zero attached hydrogens (tertiary/aromatic N) is 2. The number of aromatic nitrogens is 1. The quantitative estimate of drug-likeness (QED) is 0.684. The second kappa shape index (κ2) is 3.26. The summed E-state index contributed by atoms with van der Waals surface area (Å²) in [6.45, 7) is 1.07. The van der Waals surface area contributed by atoms with E-state index in [1.807, 2.05) is 0 Å². The first-order chi connectivity index (χ1) is 6.68. The van der Waals surface area contributed by atoms with E-state index >= 15 is 0 Å². The Labute approximate surface area is 83.2 Å². The minimum Gasteiger partial charge on any atom is -0.544 e. The number of amides is 2. The highest BCUT2D eigenvalue weighted by molar-refractivity contribution is 7.17. The summed E-state index contributed by atoms with van der Waals surface area (Å²) in [7, 11) is 0. The summed E-state index contributed by atoms with van der Waals surface area (Å²) in [4.78, 5) is 26.9. The molecule has 0 atom stereocenters. The zero-order valence-electron chi connectivity index (χ0n) is 7.02. The van der Waals surface area contributed by atoms with Crippen molar-refractivity contribution in [2.45, 2.75) is 0 Å². The van der Waals surface area contributed by atoms with Crippen molar-refractivity contribution in [1.82, 2.24) is 10.3 Å². The first-order valence-corrected chi connectivity index (χ1v) is 4.72. The van der Waals surface area contributed by atoms with Crippen LogP contribution < -0.4 is 15.3 Å². The topological polar surface area (TPSA) is 85.4 Å². The van der Waals surface area contributed by atoms with Crippen molar-refractivity contribution in [3.63, 3.8) is 0 Å². The van der Waals surface area contributed by atoms with Crippen molar-refractivity contribution in [3.8, 4) is 0 Å². The Bertz CT molecular complexity index is 389. The number of hydrogen-bond donors (Lipinski definition) is 1. The number of urea groups is 1. The summed E-state index contributed by atoms with van der Waals surface area (Å²) in [5.74, 6) is -1.27. The van der Waals surface area contributed by atoms with Crippen LogP contribution in [0.25, 0.3) is 0 Å². The van der Waals surface area contributed by atoms with Gasteiger partial charge in [0.25, 0.3) is 0 Å². The van der Waals surface area contributed by atoms with Crippen LogP contribution in [0.5, 0.6) is 0 Å². The molecule has 0 aliphatic carbocycles. The van der Waals surface area contributed by atoms with Crippen LogP contribution >= 0.6 is 11.3 Å². The van der Waals surface area contributed by atoms with Gasteiger partial charge in [0.15, 0.2) is 5.13 Å². The number of carboxylic acid groups (broad SMARTS) is 1. The highest BCUT2D eigenvalue weighted by Crippen LogP contribution is 2.22. The van der Waals surface area contributed by atoms with Crippen LogP contribution in [-0.2, 0) is 0 Å². The molecule has 1 saturated heterocycles. The van der Waals surface area contributed by atoms with Crippen LogP contribution in [0.15, 0.2) is 6.20 Å². The highest BCUT2D eigenvalue weighted by atomic mass is 32.1. The number of aromatic carboxylic acids is 1. The smallest absolute Gasteiger partial charge is 0.323 e. The second-order valence-corrected chi connectivity index (χ2v) is 3.69. The molecule has 1 aliphatic rings. The molecule has 1 aliphatic heterocycles. The van der Waals surface area contributed by atoms with Crippen LogP contribution in [0.2, 0.25) is 0 Å². The average molecular weight is 212 g/mol. The van der Waals surface area contributed by atoms with Crippen LogP contribution in [0, 0.1) is 0 Å². The molecule has 1 aromatic rings. The van der Waals surface area contributed by atoms with Gasteiger partial charge in [-0.1, -0.05) is 11.3 Å². The van der Waals surface area contributed by atoms with Crippen LogP contribution in [-0.4, -0.2) is 30.1 Å². The zero-order chi connectivity index (χ0) is 10.1. The Balaban J connectivity index is 2.24. The number of thiazole rings is 1. The summed E-state index contributed by atoms with van der Waals surface area (Å²) in [6.07, 6.45) is 1.20. The third kappa shape index (κ3) is 1.41. The molecule has 1 aromatic heterocycles. The van der Waals surface area contributed by atoms with Gasteiger partial charge in [-0.25, -0.2) is 9.78 Å². The van der Waals surface area contributed by atoms with Crippen molar-refractivity contribution >= 4 is 28.5 Å². The molecule has 7 heteroatoms. The van der Waals surface area contributed by atoms with Crippen molar-refractivity contribution in [3.05, 3.63) is 11.1 Å². The standard InChI is InChI=1S/C7H7N3O3S/c11-5(12)4-3-9-7(14-4)10-2-1-8-6(10)13/h3H,1-2H2,(H,8,13)(H,11,12)/p-1. The lowest BCUT2D eigenvalue weighted by Crippen LogP contribution is -2.27. The van der Waals surface area contributed by atoms with Crippen LogP contribution in [0.1, 0.15) is 9.67 Å². The van der Waals surface area contributed by atoms with Gasteiger partial charge in [0.1, 0.15) is 0 Å². The zero-order valence-corrected chi connectivity index (χ0v) is 7.84. The van der Waals surface area contributed by atoms with E-state index in [0.717, 1.165) is 11.3 Å². The fourth-order valence-electron chi connectivity index (χ4n) is 1.14. The molecule has 1 fully saturated rings. The van der Waals surface area contributed by atoms with Gasteiger partial charge in [0, 0.05) is 19.3 Å². The maximum absolute atomic E-state index is 11.2. The second-order valence-electron chi connectivity index (χ2n) is 2.68. The molecular formula is C7H6N3O3S-. The fourth-order valence-corrected chi connectivity index (χ4v) is 1.91. The number of nitrogens with one attached hydrogen (secondary N) is 1. The molecule has 6 nitrogen and oxygen atoms in total. The molecule has 0 unspecified atom stereocenters. The molecular weight excluding hydrogens is 206 g/mol. The molecule has 2 heterocycles. The number of rotatable bonds is 2. The Morgan fingerprint density at radius 1 is 1.71 bits per heavy atom. The van der Waals surface area contributed by atoms with E-state index in [1.165, 1.54) is 11.1 Å². The van der Waals surface area contributed by atoms with Gasteiger partial charge in [0.2, 0.25) is 0 Å². The van der Waals surface area contributed by atoms with E-state index < -0.39 is 5.97 Å². The van der Waals surface area contributed by atoms with Crippen molar-refractivity contribution < 1.29 is 14.7 Å². The molecule has 0 aromatic carbocycles. The lowest BCUT2D eigenvalue weighted by atomic mass is 10.6. The fraction of sp³-hybridized carbons (Fsp3) is 0.286. The first-order valence-electron chi connectivity index (χ1n) is 3.91. The minimum absolute atomic E-state index is 0.0275. The summed E-state index contributed by atoms with van der Waals surface area (Å²) in [6, 6.07) is -0.246. The van der Waals surface area contributed by atoms with E-state index in [0.29, 0.717) is 18.2 Å². The number of carbonyl (C=O) groups excluding carboxylic acids is 2. The van der Waals surface area contributed by atoms with Gasteiger partial charge in [-0.15, -0.1) is 0 Å². The van der Waals surface area contributed by atoms with Crippen LogP contribution in [0.3, 0.4) is 0 Å². The SMILES string of the molecule is O=C([O-])c1cnc(N2CCNC2=O)s1. The molecule has 74 valence electrons. The molecule has 0 saturated carbocycles. The largest absolute Gasteiger partial charge is 0.544 e. The van der Waals surface area contributed by atoms with E-state index in [-0.39, 0.29) is 10.9 Å². The molecule has 0 radical (unpaired) electrons. The summed E-state index contributed by atoms with van der Waals surface area (Å²) in [5, 5.41) is 13.4. The van der Waals surface area contributed by atoms with Crippen molar-refractivity contribution in [2.75, 3.05) is 18.0 Å². The number of hydrogen-bond acceptors (Lipinski definition) is 5. The lowest BCUT2D eigenvalue weighted by molar-refractivity contribution is -0.254. The van der Waals surface area contributed by atoms with Gasteiger partial charge in [-0.2, -0.15) is 0 Å². The molecule has 1 N–H and O–H groups in total. The average Bonchev–Trinajstić information content (AvgIpc) is 2.71. The Morgan fingerprint density at radius 3 is 3.00 bits per heavy atom. The monoisotopic (exact) mass is 212 g/mol. The van der Waals surface area contributed by atoms with Gasteiger partial charge in [-0.05, 0) is 0 Å². The Hall–Kier alpha value is -1.63. The van der Waals surface area contributed by atoms with E-state index in [2.05, 4.69) is 10.3 Å². The minimum atomic E-state index is -1.27. The summed E-state index contributed by atoms with van der Waals surface area (Å²) < 4.78 is 0.